The summed E-state index contributed by atoms with van der Waals surface area (Å²) in [5.74, 6) is 1.59. The Kier molecular flexibility index (Phi) is 4.74. The number of ether oxygens (including phenoxy) is 2. The molecule has 3 rings (SSSR count). The minimum Gasteiger partial charge on any atom is -0.491 e. The zero-order chi connectivity index (χ0) is 15.6. The zero-order valence-corrected chi connectivity index (χ0v) is 13.9. The Balaban J connectivity index is 1.91. The topological polar surface area (TPSA) is 44.5 Å². The van der Waals surface area contributed by atoms with E-state index < -0.39 is 0 Å². The van der Waals surface area contributed by atoms with Gasteiger partial charge in [0.2, 0.25) is 0 Å². The molecule has 2 aliphatic rings. The smallest absolute Gasteiger partial charge is 0.119 e. The van der Waals surface area contributed by atoms with Crippen molar-refractivity contribution in [2.24, 2.45) is 11.7 Å². The average Bonchev–Trinajstić information content (AvgIpc) is 2.52. The van der Waals surface area contributed by atoms with Crippen LogP contribution >= 0.6 is 0 Å². The number of methoxy groups -OCH3 is 1. The van der Waals surface area contributed by atoms with E-state index in [2.05, 4.69) is 25.1 Å². The molecule has 0 spiro atoms. The van der Waals surface area contributed by atoms with Crippen LogP contribution in [0.2, 0.25) is 0 Å². The molecule has 2 bridgehead atoms. The second-order valence-corrected chi connectivity index (χ2v) is 7.17. The lowest BCUT2D eigenvalue weighted by Crippen LogP contribution is -2.52. The highest BCUT2D eigenvalue weighted by Gasteiger charge is 2.43. The molecule has 3 nitrogen and oxygen atoms in total. The van der Waals surface area contributed by atoms with Gasteiger partial charge in [-0.25, -0.2) is 0 Å². The predicted molar refractivity (Wildman–Crippen MR) is 89.4 cm³/mol. The van der Waals surface area contributed by atoms with Crippen LogP contribution < -0.4 is 10.5 Å². The molecular formula is C19H29NO2. The zero-order valence-electron chi connectivity index (χ0n) is 13.9. The van der Waals surface area contributed by atoms with Gasteiger partial charge in [-0.15, -0.1) is 0 Å². The van der Waals surface area contributed by atoms with Crippen LogP contribution in [0.25, 0.3) is 0 Å². The predicted octanol–water partition coefficient (Wildman–Crippen LogP) is 3.43. The number of rotatable bonds is 4. The maximum Gasteiger partial charge on any atom is 0.119 e. The van der Waals surface area contributed by atoms with Crippen LogP contribution in [0.3, 0.4) is 0 Å². The van der Waals surface area contributed by atoms with Crippen LogP contribution in [-0.4, -0.2) is 26.4 Å². The Bertz CT molecular complexity index is 516. The quantitative estimate of drug-likeness (QED) is 0.867. The molecule has 1 fully saturated rings. The molecule has 0 radical (unpaired) electrons. The Morgan fingerprint density at radius 3 is 2.91 bits per heavy atom. The van der Waals surface area contributed by atoms with E-state index in [4.69, 9.17) is 15.2 Å². The van der Waals surface area contributed by atoms with Gasteiger partial charge in [0.05, 0.1) is 6.61 Å². The lowest BCUT2D eigenvalue weighted by molar-refractivity contribution is 0.145. The van der Waals surface area contributed by atoms with Gasteiger partial charge in [0.1, 0.15) is 12.4 Å². The van der Waals surface area contributed by atoms with Crippen molar-refractivity contribution in [3.63, 3.8) is 0 Å². The van der Waals surface area contributed by atoms with Crippen LogP contribution in [0.4, 0.5) is 0 Å². The molecule has 1 aromatic rings. The molecule has 3 atom stereocenters. The fourth-order valence-electron chi connectivity index (χ4n) is 4.37. The van der Waals surface area contributed by atoms with Crippen LogP contribution in [0.15, 0.2) is 18.2 Å². The van der Waals surface area contributed by atoms with E-state index in [1.807, 2.05) is 0 Å². The van der Waals surface area contributed by atoms with Crippen LogP contribution in [-0.2, 0) is 16.6 Å². The summed E-state index contributed by atoms with van der Waals surface area (Å²) in [6.07, 6.45) is 7.57. The molecule has 0 aliphatic heterocycles. The van der Waals surface area contributed by atoms with Crippen molar-refractivity contribution in [1.29, 1.82) is 0 Å². The number of hydrogen-bond acceptors (Lipinski definition) is 3. The first-order valence-electron chi connectivity index (χ1n) is 8.66. The van der Waals surface area contributed by atoms with Gasteiger partial charge in [-0.05, 0) is 48.4 Å². The monoisotopic (exact) mass is 303 g/mol. The van der Waals surface area contributed by atoms with Crippen molar-refractivity contribution in [2.45, 2.75) is 56.9 Å². The summed E-state index contributed by atoms with van der Waals surface area (Å²) in [6.45, 7) is 3.59. The highest BCUT2D eigenvalue weighted by Crippen LogP contribution is 2.46. The van der Waals surface area contributed by atoms with Gasteiger partial charge in [0, 0.05) is 18.6 Å². The SMILES string of the molecule is COCCOc1ccc2c(c1)[C@@]1(C)CCCCC[C@@H](C2)[C@@H]1N. The van der Waals surface area contributed by atoms with E-state index in [0.29, 0.717) is 19.1 Å². The summed E-state index contributed by atoms with van der Waals surface area (Å²) < 4.78 is 10.9. The Hall–Kier alpha value is -1.06. The van der Waals surface area contributed by atoms with Gasteiger partial charge < -0.3 is 15.2 Å². The standard InChI is InChI=1S/C19H29NO2/c1-19-9-5-3-4-6-15(18(19)20)12-14-7-8-16(13-17(14)19)22-11-10-21-2/h7-8,13,15,18H,3-6,9-12,20H2,1-2H3/t15-,18-,19+/m0/s1. The van der Waals surface area contributed by atoms with Crippen LogP contribution in [0.5, 0.6) is 5.75 Å². The first-order chi connectivity index (χ1) is 10.6. The van der Waals surface area contributed by atoms with E-state index in [1.165, 1.54) is 43.2 Å². The molecule has 2 aliphatic carbocycles. The highest BCUT2D eigenvalue weighted by atomic mass is 16.5. The molecule has 2 N–H and O–H groups in total. The number of benzene rings is 1. The molecular weight excluding hydrogens is 274 g/mol. The van der Waals surface area contributed by atoms with Crippen molar-refractivity contribution >= 4 is 0 Å². The molecule has 1 aromatic carbocycles. The van der Waals surface area contributed by atoms with Crippen molar-refractivity contribution in [1.82, 2.24) is 0 Å². The fourth-order valence-corrected chi connectivity index (χ4v) is 4.37. The van der Waals surface area contributed by atoms with E-state index >= 15 is 0 Å². The summed E-state index contributed by atoms with van der Waals surface area (Å²) >= 11 is 0. The van der Waals surface area contributed by atoms with E-state index in [9.17, 15) is 0 Å². The van der Waals surface area contributed by atoms with E-state index in [1.54, 1.807) is 7.11 Å². The third-order valence-electron chi connectivity index (χ3n) is 5.75. The van der Waals surface area contributed by atoms with E-state index in [0.717, 1.165) is 12.2 Å². The van der Waals surface area contributed by atoms with Crippen molar-refractivity contribution in [2.75, 3.05) is 20.3 Å². The Labute approximate surface area is 134 Å². The molecule has 0 aromatic heterocycles. The van der Waals surface area contributed by atoms with E-state index in [-0.39, 0.29) is 11.5 Å². The largest absolute Gasteiger partial charge is 0.491 e. The minimum absolute atomic E-state index is 0.0965. The molecule has 0 saturated heterocycles. The van der Waals surface area contributed by atoms with Crippen molar-refractivity contribution in [3.8, 4) is 5.75 Å². The number of fused-ring (bicyclic) bond motifs is 4. The van der Waals surface area contributed by atoms with Gasteiger partial charge in [-0.3, -0.25) is 0 Å². The summed E-state index contributed by atoms with van der Waals surface area (Å²) in [7, 11) is 1.70. The number of hydrogen-bond donors (Lipinski definition) is 1. The normalized spacial score (nSPS) is 31.0. The second-order valence-electron chi connectivity index (χ2n) is 7.17. The Morgan fingerprint density at radius 1 is 1.23 bits per heavy atom. The fraction of sp³-hybridized carbons (Fsp3) is 0.684. The molecule has 0 amide bonds. The molecule has 0 unspecified atom stereocenters. The first kappa shape index (κ1) is 15.8. The maximum absolute atomic E-state index is 6.71. The summed E-state index contributed by atoms with van der Waals surface area (Å²) in [5, 5.41) is 0. The first-order valence-corrected chi connectivity index (χ1v) is 8.66. The Morgan fingerprint density at radius 2 is 2.09 bits per heavy atom. The van der Waals surface area contributed by atoms with Gasteiger partial charge in [-0.2, -0.15) is 0 Å². The minimum atomic E-state index is 0.0965. The summed E-state index contributed by atoms with van der Waals surface area (Å²) in [4.78, 5) is 0. The van der Waals surface area contributed by atoms with Crippen LogP contribution in [0.1, 0.15) is 50.2 Å². The van der Waals surface area contributed by atoms with Crippen molar-refractivity contribution < 1.29 is 9.47 Å². The molecule has 3 heteroatoms. The summed E-state index contributed by atoms with van der Waals surface area (Å²) in [5.41, 5.74) is 9.72. The average molecular weight is 303 g/mol. The van der Waals surface area contributed by atoms with Gasteiger partial charge in [0.15, 0.2) is 0 Å². The van der Waals surface area contributed by atoms with Gasteiger partial charge in [0.25, 0.3) is 0 Å². The van der Waals surface area contributed by atoms with Gasteiger partial charge >= 0.3 is 0 Å². The molecule has 122 valence electrons. The van der Waals surface area contributed by atoms with Crippen LogP contribution in [0, 0.1) is 5.92 Å². The molecule has 22 heavy (non-hydrogen) atoms. The van der Waals surface area contributed by atoms with Crippen molar-refractivity contribution in [3.05, 3.63) is 29.3 Å². The third-order valence-corrected chi connectivity index (χ3v) is 5.75. The highest BCUT2D eigenvalue weighted by molar-refractivity contribution is 5.44. The summed E-state index contributed by atoms with van der Waals surface area (Å²) in [6, 6.07) is 6.88. The lowest BCUT2D eigenvalue weighted by Gasteiger charge is -2.47. The van der Waals surface area contributed by atoms with Gasteiger partial charge in [-0.1, -0.05) is 32.3 Å². The lowest BCUT2D eigenvalue weighted by atomic mass is 9.60. The second kappa shape index (κ2) is 6.59. The molecule has 1 saturated carbocycles. The number of nitrogens with two attached hydrogens (primary N) is 1. The maximum atomic E-state index is 6.71. The third kappa shape index (κ3) is 2.89. The molecule has 0 heterocycles.